The molecule has 2 rings (SSSR count). The Hall–Kier alpha value is -0.870. The monoisotopic (exact) mass is 211 g/mol. The summed E-state index contributed by atoms with van der Waals surface area (Å²) in [6, 6.07) is 2.06. The molecule has 1 aromatic heterocycles. The minimum Gasteiger partial charge on any atom is -0.464 e. The van der Waals surface area contributed by atoms with Crippen molar-refractivity contribution in [3.63, 3.8) is 0 Å². The van der Waals surface area contributed by atoms with Crippen molar-refractivity contribution in [3.8, 4) is 0 Å². The molecule has 4 heteroatoms. The van der Waals surface area contributed by atoms with Crippen molar-refractivity contribution in [2.24, 2.45) is 0 Å². The van der Waals surface area contributed by atoms with Crippen LogP contribution in [0.5, 0.6) is 0 Å². The molecule has 1 aliphatic heterocycles. The Bertz CT molecular complexity index is 323. The third kappa shape index (κ3) is 1.81. The lowest BCUT2D eigenvalue weighted by molar-refractivity contribution is -0.142. The zero-order valence-electron chi connectivity index (χ0n) is 8.08. The molecule has 1 fully saturated rings. The molecule has 76 valence electrons. The molecule has 0 aliphatic carbocycles. The molecule has 0 radical (unpaired) electrons. The van der Waals surface area contributed by atoms with Crippen LogP contribution in [-0.2, 0) is 16.1 Å². The number of ether oxygens (including phenoxy) is 1. The number of rotatable bonds is 3. The highest BCUT2D eigenvalue weighted by molar-refractivity contribution is 7.07. The van der Waals surface area contributed by atoms with Crippen LogP contribution in [0.3, 0.4) is 0 Å². The zero-order valence-corrected chi connectivity index (χ0v) is 8.89. The van der Waals surface area contributed by atoms with Crippen LogP contribution >= 0.6 is 11.3 Å². The predicted molar refractivity (Wildman–Crippen MR) is 55.1 cm³/mol. The Balaban J connectivity index is 1.94. The third-order valence-corrected chi connectivity index (χ3v) is 3.28. The number of esters is 1. The molecule has 2 heterocycles. The molecule has 0 amide bonds. The van der Waals surface area contributed by atoms with Gasteiger partial charge in [-0.1, -0.05) is 0 Å². The van der Waals surface area contributed by atoms with Crippen LogP contribution < -0.4 is 5.32 Å². The lowest BCUT2D eigenvalue weighted by atomic mass is 10.0. The highest BCUT2D eigenvalue weighted by atomic mass is 32.1. The van der Waals surface area contributed by atoms with E-state index in [4.69, 9.17) is 4.74 Å². The summed E-state index contributed by atoms with van der Waals surface area (Å²) < 4.78 is 4.94. The van der Waals surface area contributed by atoms with Crippen LogP contribution in [0.1, 0.15) is 18.9 Å². The summed E-state index contributed by atoms with van der Waals surface area (Å²) in [5.74, 6) is -0.132. The fourth-order valence-corrected chi connectivity index (χ4v) is 2.13. The summed E-state index contributed by atoms with van der Waals surface area (Å²) >= 11 is 1.67. The van der Waals surface area contributed by atoms with Gasteiger partial charge in [-0.15, -0.1) is 0 Å². The number of hydrogen-bond donors (Lipinski definition) is 1. The first-order valence-corrected chi connectivity index (χ1v) is 5.58. The third-order valence-electron chi connectivity index (χ3n) is 2.55. The fraction of sp³-hybridized carbons (Fsp3) is 0.500. The Morgan fingerprint density at radius 3 is 3.14 bits per heavy atom. The van der Waals surface area contributed by atoms with E-state index in [1.165, 1.54) is 5.56 Å². The van der Waals surface area contributed by atoms with Crippen LogP contribution in [0.2, 0.25) is 0 Å². The van der Waals surface area contributed by atoms with E-state index in [1.54, 1.807) is 11.3 Å². The minimum atomic E-state index is -0.484. The first-order valence-electron chi connectivity index (χ1n) is 4.64. The molecule has 1 aromatic rings. The average molecular weight is 211 g/mol. The van der Waals surface area contributed by atoms with Gasteiger partial charge in [0.25, 0.3) is 0 Å². The maximum Gasteiger partial charge on any atom is 0.326 e. The van der Waals surface area contributed by atoms with Gasteiger partial charge in [0.15, 0.2) is 0 Å². The molecular weight excluding hydrogens is 198 g/mol. The Labute approximate surface area is 87.1 Å². The molecule has 1 unspecified atom stereocenters. The summed E-state index contributed by atoms with van der Waals surface area (Å²) in [7, 11) is 0. The van der Waals surface area contributed by atoms with Gasteiger partial charge in [0, 0.05) is 13.0 Å². The van der Waals surface area contributed by atoms with Gasteiger partial charge in [-0.2, -0.15) is 11.3 Å². The summed E-state index contributed by atoms with van der Waals surface area (Å²) in [6.45, 7) is 3.16. The molecule has 0 bridgehead atoms. The van der Waals surface area contributed by atoms with Gasteiger partial charge in [-0.3, -0.25) is 10.1 Å². The van der Waals surface area contributed by atoms with Gasteiger partial charge < -0.3 is 4.74 Å². The van der Waals surface area contributed by atoms with Crippen molar-refractivity contribution in [3.05, 3.63) is 22.4 Å². The predicted octanol–water partition coefficient (Wildman–Crippen LogP) is 1.54. The summed E-state index contributed by atoms with van der Waals surface area (Å²) in [6.07, 6.45) is 0.760. The summed E-state index contributed by atoms with van der Waals surface area (Å²) in [5, 5.41) is 7.36. The van der Waals surface area contributed by atoms with E-state index in [-0.39, 0.29) is 5.97 Å². The summed E-state index contributed by atoms with van der Waals surface area (Å²) in [5.41, 5.74) is 0.734. The molecule has 1 N–H and O–H groups in total. The lowest BCUT2D eigenvalue weighted by Gasteiger charge is -2.20. The normalized spacial score (nSPS) is 26.5. The van der Waals surface area contributed by atoms with Gasteiger partial charge in [0.2, 0.25) is 0 Å². The van der Waals surface area contributed by atoms with Crippen LogP contribution in [0.15, 0.2) is 16.8 Å². The zero-order chi connectivity index (χ0) is 10.0. The highest BCUT2D eigenvalue weighted by Crippen LogP contribution is 2.20. The average Bonchev–Trinajstić information content (AvgIpc) is 2.75. The number of hydrogen-bond acceptors (Lipinski definition) is 4. The molecule has 1 aliphatic rings. The van der Waals surface area contributed by atoms with Crippen LogP contribution in [0.4, 0.5) is 0 Å². The van der Waals surface area contributed by atoms with Crippen LogP contribution in [0.25, 0.3) is 0 Å². The highest BCUT2D eigenvalue weighted by Gasteiger charge is 2.39. The SMILES string of the molecule is CC1(NCc2ccsc2)CCOC1=O. The van der Waals surface area contributed by atoms with Crippen molar-refractivity contribution >= 4 is 17.3 Å². The standard InChI is InChI=1S/C10H13NO2S/c1-10(3-4-13-9(10)12)11-6-8-2-5-14-7-8/h2,5,7,11H,3-4,6H2,1H3. The van der Waals surface area contributed by atoms with Gasteiger partial charge in [-0.25, -0.2) is 0 Å². The van der Waals surface area contributed by atoms with Crippen molar-refractivity contribution < 1.29 is 9.53 Å². The molecular formula is C10H13NO2S. The first-order chi connectivity index (χ1) is 6.71. The van der Waals surface area contributed by atoms with Gasteiger partial charge in [-0.05, 0) is 29.3 Å². The number of thiophene rings is 1. The van der Waals surface area contributed by atoms with E-state index in [0.29, 0.717) is 6.61 Å². The minimum absolute atomic E-state index is 0.132. The number of carbonyl (C=O) groups is 1. The van der Waals surface area contributed by atoms with E-state index in [9.17, 15) is 4.79 Å². The summed E-state index contributed by atoms with van der Waals surface area (Å²) in [4.78, 5) is 11.4. The second-order valence-corrected chi connectivity index (χ2v) is 4.48. The van der Waals surface area contributed by atoms with Crippen molar-refractivity contribution in [2.75, 3.05) is 6.61 Å². The van der Waals surface area contributed by atoms with Gasteiger partial charge >= 0.3 is 5.97 Å². The molecule has 1 atom stereocenters. The Morgan fingerprint density at radius 1 is 1.71 bits per heavy atom. The Morgan fingerprint density at radius 2 is 2.57 bits per heavy atom. The molecule has 0 aromatic carbocycles. The quantitative estimate of drug-likeness (QED) is 0.771. The molecule has 1 saturated heterocycles. The van der Waals surface area contributed by atoms with E-state index < -0.39 is 5.54 Å². The topological polar surface area (TPSA) is 38.3 Å². The lowest BCUT2D eigenvalue weighted by Crippen LogP contribution is -2.45. The van der Waals surface area contributed by atoms with Crippen molar-refractivity contribution in [1.82, 2.24) is 5.32 Å². The van der Waals surface area contributed by atoms with Crippen molar-refractivity contribution in [1.29, 1.82) is 0 Å². The van der Waals surface area contributed by atoms with E-state index in [2.05, 4.69) is 16.8 Å². The number of nitrogens with one attached hydrogen (secondary N) is 1. The maximum absolute atomic E-state index is 11.4. The fourth-order valence-electron chi connectivity index (χ4n) is 1.46. The van der Waals surface area contributed by atoms with Crippen molar-refractivity contribution in [2.45, 2.75) is 25.4 Å². The molecule has 3 nitrogen and oxygen atoms in total. The molecule has 0 saturated carbocycles. The number of carbonyl (C=O) groups excluding carboxylic acids is 1. The second kappa shape index (κ2) is 3.71. The van der Waals surface area contributed by atoms with Crippen LogP contribution in [0, 0.1) is 0 Å². The largest absolute Gasteiger partial charge is 0.464 e. The molecule has 14 heavy (non-hydrogen) atoms. The Kier molecular flexibility index (Phi) is 2.56. The molecule has 0 spiro atoms. The van der Waals surface area contributed by atoms with E-state index >= 15 is 0 Å². The smallest absolute Gasteiger partial charge is 0.326 e. The van der Waals surface area contributed by atoms with E-state index in [0.717, 1.165) is 13.0 Å². The van der Waals surface area contributed by atoms with Gasteiger partial charge in [0.1, 0.15) is 5.54 Å². The first kappa shape index (κ1) is 9.68. The second-order valence-electron chi connectivity index (χ2n) is 3.70. The number of cyclic esters (lactones) is 1. The van der Waals surface area contributed by atoms with E-state index in [1.807, 2.05) is 12.3 Å². The maximum atomic E-state index is 11.4. The van der Waals surface area contributed by atoms with Crippen LogP contribution in [-0.4, -0.2) is 18.1 Å². The van der Waals surface area contributed by atoms with Gasteiger partial charge in [0.05, 0.1) is 6.61 Å².